The second-order valence-corrected chi connectivity index (χ2v) is 48.1. The van der Waals surface area contributed by atoms with Crippen LogP contribution in [-0.4, -0.2) is 65.6 Å². The summed E-state index contributed by atoms with van der Waals surface area (Å²) in [7, 11) is 0. The topological polar surface area (TPSA) is 87.2 Å². The van der Waals surface area contributed by atoms with Gasteiger partial charge in [0, 0.05) is 0 Å². The van der Waals surface area contributed by atoms with Gasteiger partial charge in [-0.1, -0.05) is 24.3 Å². The average Bonchev–Trinajstić information content (AvgIpc) is 0.876. The first-order valence-corrected chi connectivity index (χ1v) is 51.3. The van der Waals surface area contributed by atoms with Crippen molar-refractivity contribution in [3.05, 3.63) is 484 Å². The molecule has 0 saturated heterocycles. The van der Waals surface area contributed by atoms with Crippen LogP contribution in [0.2, 0.25) is 0 Å². The standard InChI is InChI=1S/2C58H42GeN4/c2*1-41-34-36-54-51(38-41)50-32-17-18-33-53(50)63(54)55-37-35-45(40-52(55)58-61-56(42-20-7-2-8-21-42)60-57(62-58)43-22-9-3-10-23-43)44-24-19-31-49(39-44)59(46-25-11-4-12-26-46,47-27-13-5-14-28-47)48-29-15-6-16-30-48/h2*2-40H,1H3. The van der Waals surface area contributed by atoms with E-state index in [9.17, 15) is 0 Å². The second-order valence-electron chi connectivity index (χ2n) is 32.1. The summed E-state index contributed by atoms with van der Waals surface area (Å²) in [5.41, 5.74) is 19.0. The van der Waals surface area contributed by atoms with Crippen LogP contribution in [0.4, 0.5) is 0 Å². The predicted octanol–water partition coefficient (Wildman–Crippen LogP) is 22.6. The molecule has 0 amide bonds. The van der Waals surface area contributed by atoms with Crippen LogP contribution in [0.1, 0.15) is 11.1 Å². The third kappa shape index (κ3) is 14.5. The predicted molar refractivity (Wildman–Crippen MR) is 529 cm³/mol. The molecular formula is C116H84Ge2N8. The molecule has 0 aliphatic heterocycles. The van der Waals surface area contributed by atoms with Gasteiger partial charge in [-0.3, -0.25) is 0 Å². The van der Waals surface area contributed by atoms with Crippen LogP contribution in [0.25, 0.3) is 146 Å². The fourth-order valence-corrected chi connectivity index (χ4v) is 38.8. The SMILES string of the molecule is Cc1ccc2c(c1)c1ccccc1n2-c1ccc(-c2ccc[c]([Ge]([c]3ccccc3)([c]3ccccc3)[c]3ccccc3)c2)cc1-c1nc(-c2ccccc2)nc(-c2ccccc2)n1.Cc1ccc2c(c1)c1ccccc1n2-c1ccc(-c2ccc[c]([Ge]([c]3ccccc3)([c]3ccccc3)[c]3ccccc3)c2)cc1-c1nc(-c2ccccc2)nc(-c2ccccc2)n1. The zero-order chi connectivity index (χ0) is 84.3. The van der Waals surface area contributed by atoms with E-state index in [1.807, 2.05) is 72.8 Å². The first kappa shape index (κ1) is 78.0. The summed E-state index contributed by atoms with van der Waals surface area (Å²) in [6.07, 6.45) is 0. The number of hydrogen-bond donors (Lipinski definition) is 0. The van der Waals surface area contributed by atoms with Crippen molar-refractivity contribution < 1.29 is 0 Å². The van der Waals surface area contributed by atoms with Crippen LogP contribution in [0.5, 0.6) is 0 Å². The molecule has 0 atom stereocenters. The number of hydrogen-bond acceptors (Lipinski definition) is 6. The molecule has 22 aromatic rings. The van der Waals surface area contributed by atoms with E-state index in [1.165, 1.54) is 67.8 Å². The number of rotatable bonds is 18. The quantitative estimate of drug-likeness (QED) is 0.0796. The molecular weight excluding hydrogens is 1650 g/mol. The average molecular weight is 1740 g/mol. The molecule has 22 rings (SSSR count). The van der Waals surface area contributed by atoms with E-state index in [0.29, 0.717) is 34.9 Å². The first-order valence-electron chi connectivity index (χ1n) is 42.9. The summed E-state index contributed by atoms with van der Waals surface area (Å²) in [5.74, 6) is 3.73. The molecule has 4 aromatic heterocycles. The zero-order valence-electron chi connectivity index (χ0n) is 69.6. The number of para-hydroxylation sites is 2. The van der Waals surface area contributed by atoms with E-state index in [-0.39, 0.29) is 0 Å². The van der Waals surface area contributed by atoms with Crippen molar-refractivity contribution in [1.29, 1.82) is 0 Å². The molecule has 0 aliphatic carbocycles. The van der Waals surface area contributed by atoms with Crippen molar-refractivity contribution >= 4 is 105 Å². The van der Waals surface area contributed by atoms with Crippen LogP contribution in [0, 0.1) is 13.8 Å². The Balaban J connectivity index is 0.000000154. The van der Waals surface area contributed by atoms with Gasteiger partial charge in [0.25, 0.3) is 0 Å². The molecule has 0 unspecified atom stereocenters. The van der Waals surface area contributed by atoms with Crippen molar-refractivity contribution in [3.8, 4) is 102 Å². The van der Waals surface area contributed by atoms with Gasteiger partial charge in [-0.15, -0.1) is 0 Å². The number of aryl methyl sites for hydroxylation is 2. The maximum absolute atomic E-state index is 5.33. The van der Waals surface area contributed by atoms with Crippen molar-refractivity contribution in [2.75, 3.05) is 0 Å². The molecule has 10 heteroatoms. The Morgan fingerprint density at radius 2 is 0.397 bits per heavy atom. The molecule has 18 aromatic carbocycles. The van der Waals surface area contributed by atoms with Gasteiger partial charge in [0.1, 0.15) is 0 Å². The Labute approximate surface area is 738 Å². The molecule has 0 N–H and O–H groups in total. The van der Waals surface area contributed by atoms with Gasteiger partial charge in [-0.05, 0) is 13.8 Å². The van der Waals surface area contributed by atoms with E-state index in [1.54, 1.807) is 0 Å². The second kappa shape index (κ2) is 34.2. The third-order valence-corrected chi connectivity index (χ3v) is 44.5. The molecule has 0 bridgehead atoms. The van der Waals surface area contributed by atoms with Gasteiger partial charge < -0.3 is 0 Å². The van der Waals surface area contributed by atoms with Crippen molar-refractivity contribution in [1.82, 2.24) is 39.0 Å². The van der Waals surface area contributed by atoms with Crippen molar-refractivity contribution in [3.63, 3.8) is 0 Å². The summed E-state index contributed by atoms with van der Waals surface area (Å²) in [5, 5.41) is 4.83. The number of nitrogens with zero attached hydrogens (tertiary/aromatic N) is 8. The van der Waals surface area contributed by atoms with Gasteiger partial charge in [-0.25, -0.2) is 0 Å². The third-order valence-electron chi connectivity index (χ3n) is 24.5. The summed E-state index contributed by atoms with van der Waals surface area (Å²) in [6.45, 7) is 4.32. The number of aromatic nitrogens is 8. The Morgan fingerprint density at radius 3 is 0.690 bits per heavy atom. The minimum absolute atomic E-state index is 0.610. The fraction of sp³-hybridized carbons (Fsp3) is 0.0172. The van der Waals surface area contributed by atoms with Crippen LogP contribution >= 0.6 is 0 Å². The monoisotopic (exact) mass is 1740 g/mol. The fourth-order valence-electron chi connectivity index (χ4n) is 18.7. The Morgan fingerprint density at radius 1 is 0.167 bits per heavy atom. The first-order chi connectivity index (χ1) is 62.3. The molecule has 0 spiro atoms. The summed E-state index contributed by atoms with van der Waals surface area (Å²) >= 11 is -7.12. The van der Waals surface area contributed by atoms with Crippen LogP contribution in [0.15, 0.2) is 473 Å². The van der Waals surface area contributed by atoms with E-state index in [0.717, 1.165) is 89.1 Å². The number of fused-ring (bicyclic) bond motifs is 6. The molecule has 0 radical (unpaired) electrons. The molecule has 0 fully saturated rings. The van der Waals surface area contributed by atoms with E-state index >= 15 is 0 Å². The summed E-state index contributed by atoms with van der Waals surface area (Å²) in [6, 6.07) is 171. The van der Waals surface area contributed by atoms with E-state index < -0.39 is 26.5 Å². The van der Waals surface area contributed by atoms with Crippen LogP contribution in [-0.2, 0) is 0 Å². The van der Waals surface area contributed by atoms with Crippen LogP contribution < -0.4 is 35.2 Å². The van der Waals surface area contributed by atoms with E-state index in [4.69, 9.17) is 29.9 Å². The van der Waals surface area contributed by atoms with Gasteiger partial charge >= 0.3 is 706 Å². The maximum atomic E-state index is 5.33. The summed E-state index contributed by atoms with van der Waals surface area (Å²) < 4.78 is 15.8. The Bertz CT molecular complexity index is 6930. The molecule has 8 nitrogen and oxygen atoms in total. The molecule has 0 aliphatic rings. The zero-order valence-corrected chi connectivity index (χ0v) is 73.8. The molecule has 596 valence electrons. The minimum atomic E-state index is -3.56. The Hall–Kier alpha value is -15.3. The van der Waals surface area contributed by atoms with Crippen LogP contribution in [0.3, 0.4) is 0 Å². The van der Waals surface area contributed by atoms with Crippen molar-refractivity contribution in [2.24, 2.45) is 0 Å². The molecule has 4 heterocycles. The van der Waals surface area contributed by atoms with E-state index in [2.05, 4.69) is 423 Å². The molecule has 126 heavy (non-hydrogen) atoms. The summed E-state index contributed by atoms with van der Waals surface area (Å²) in [4.78, 5) is 31.5. The van der Waals surface area contributed by atoms with Crippen molar-refractivity contribution in [2.45, 2.75) is 13.8 Å². The van der Waals surface area contributed by atoms with Gasteiger partial charge in [0.2, 0.25) is 0 Å². The normalized spacial score (nSPS) is 11.6. The van der Waals surface area contributed by atoms with Gasteiger partial charge in [-0.2, -0.15) is 0 Å². The van der Waals surface area contributed by atoms with Gasteiger partial charge in [0.05, 0.1) is 0 Å². The van der Waals surface area contributed by atoms with Gasteiger partial charge in [0.15, 0.2) is 0 Å². The number of benzene rings is 18. The Kier molecular flexibility index (Phi) is 21.1. The molecule has 0 saturated carbocycles.